The van der Waals surface area contributed by atoms with Crippen molar-refractivity contribution in [1.29, 1.82) is 0 Å². The molecule has 0 amide bonds. The molecule has 2 aliphatic heterocycles. The number of hydrogen-bond donors (Lipinski definition) is 2. The van der Waals surface area contributed by atoms with Crippen LogP contribution in [0.4, 0.5) is 0 Å². The molecule has 8 heteroatoms. The van der Waals surface area contributed by atoms with E-state index in [9.17, 15) is 14.4 Å². The highest BCUT2D eigenvalue weighted by Crippen LogP contribution is 2.36. The summed E-state index contributed by atoms with van der Waals surface area (Å²) >= 11 is 0. The maximum absolute atomic E-state index is 10.8. The van der Waals surface area contributed by atoms with Gasteiger partial charge in [-0.3, -0.25) is 4.79 Å². The molecule has 23 heavy (non-hydrogen) atoms. The maximum atomic E-state index is 10.8. The maximum Gasteiger partial charge on any atom is 0.328 e. The summed E-state index contributed by atoms with van der Waals surface area (Å²) in [6.07, 6.45) is 4.08. The fraction of sp³-hybridized carbons (Fsp3) is 0.667. The molecule has 2 aliphatic rings. The SMILES string of the molecule is CC(=O)OC1COC2(CCN(C)CC2)C1.O=C(O)C=CC(=O)O. The first kappa shape index (κ1) is 19.1. The van der Waals surface area contributed by atoms with Gasteiger partial charge >= 0.3 is 17.9 Å². The standard InChI is InChI=1S/C11H19NO3.C4H4O4/c1-9(13)15-10-7-11(14-8-10)3-5-12(2)6-4-11;5-3(6)1-2-4(7)8/h10H,3-8H2,1-2H3;1-2H,(H,5,6)(H,7,8). The van der Waals surface area contributed by atoms with Gasteiger partial charge in [-0.05, 0) is 19.9 Å². The van der Waals surface area contributed by atoms with Gasteiger partial charge < -0.3 is 24.6 Å². The largest absolute Gasteiger partial charge is 0.478 e. The highest BCUT2D eigenvalue weighted by atomic mass is 16.6. The molecule has 0 aromatic heterocycles. The second-order valence-electron chi connectivity index (χ2n) is 5.74. The normalized spacial score (nSPS) is 23.3. The summed E-state index contributed by atoms with van der Waals surface area (Å²) in [6.45, 7) is 4.18. The topological polar surface area (TPSA) is 113 Å². The molecule has 2 rings (SSSR count). The van der Waals surface area contributed by atoms with Gasteiger partial charge in [0.2, 0.25) is 0 Å². The second kappa shape index (κ2) is 8.64. The number of carbonyl (C=O) groups is 3. The molecule has 130 valence electrons. The van der Waals surface area contributed by atoms with E-state index in [1.165, 1.54) is 6.92 Å². The molecule has 2 fully saturated rings. The number of carbonyl (C=O) groups excluding carboxylic acids is 1. The van der Waals surface area contributed by atoms with E-state index in [0.717, 1.165) is 32.4 Å². The number of carboxylic acids is 2. The summed E-state index contributed by atoms with van der Waals surface area (Å²) in [5.74, 6) is -2.71. The van der Waals surface area contributed by atoms with E-state index in [1.807, 2.05) is 0 Å². The van der Waals surface area contributed by atoms with Gasteiger partial charge in [0.15, 0.2) is 0 Å². The van der Waals surface area contributed by atoms with Crippen molar-refractivity contribution in [3.63, 3.8) is 0 Å². The number of aliphatic carboxylic acids is 2. The molecule has 2 heterocycles. The molecule has 0 aliphatic carbocycles. The second-order valence-corrected chi connectivity index (χ2v) is 5.74. The van der Waals surface area contributed by atoms with E-state index in [4.69, 9.17) is 19.7 Å². The number of esters is 1. The van der Waals surface area contributed by atoms with Gasteiger partial charge in [-0.15, -0.1) is 0 Å². The molecule has 2 saturated heterocycles. The zero-order valence-corrected chi connectivity index (χ0v) is 13.4. The predicted molar refractivity (Wildman–Crippen MR) is 80.0 cm³/mol. The Kier molecular flexibility index (Phi) is 7.18. The van der Waals surface area contributed by atoms with Crippen LogP contribution in [0.3, 0.4) is 0 Å². The fourth-order valence-corrected chi connectivity index (χ4v) is 2.63. The Labute approximate surface area is 134 Å². The first-order valence-corrected chi connectivity index (χ1v) is 7.36. The number of ether oxygens (including phenoxy) is 2. The number of likely N-dealkylation sites (tertiary alicyclic amines) is 1. The van der Waals surface area contributed by atoms with Crippen LogP contribution in [0.2, 0.25) is 0 Å². The number of rotatable bonds is 3. The minimum atomic E-state index is -1.26. The van der Waals surface area contributed by atoms with Crippen LogP contribution in [-0.4, -0.2) is 71.5 Å². The highest BCUT2D eigenvalue weighted by Gasteiger charge is 2.43. The number of nitrogens with zero attached hydrogens (tertiary/aromatic N) is 1. The monoisotopic (exact) mass is 329 g/mol. The van der Waals surface area contributed by atoms with Gasteiger partial charge in [0.05, 0.1) is 12.2 Å². The predicted octanol–water partition coefficient (Wildman–Crippen LogP) is 0.515. The van der Waals surface area contributed by atoms with Crippen molar-refractivity contribution in [3.05, 3.63) is 12.2 Å². The van der Waals surface area contributed by atoms with Crippen molar-refractivity contribution in [2.24, 2.45) is 0 Å². The zero-order valence-electron chi connectivity index (χ0n) is 13.4. The van der Waals surface area contributed by atoms with Crippen LogP contribution < -0.4 is 0 Å². The Morgan fingerprint density at radius 2 is 1.70 bits per heavy atom. The molecule has 0 aromatic carbocycles. The molecular formula is C15H23NO7. The molecule has 0 aromatic rings. The van der Waals surface area contributed by atoms with E-state index < -0.39 is 11.9 Å². The van der Waals surface area contributed by atoms with E-state index in [-0.39, 0.29) is 17.7 Å². The van der Waals surface area contributed by atoms with Crippen LogP contribution in [0.1, 0.15) is 26.2 Å². The van der Waals surface area contributed by atoms with Gasteiger partial charge in [0, 0.05) is 38.6 Å². The van der Waals surface area contributed by atoms with Gasteiger partial charge in [-0.2, -0.15) is 0 Å². The number of carboxylic acid groups (broad SMARTS) is 2. The highest BCUT2D eigenvalue weighted by molar-refractivity contribution is 5.89. The minimum absolute atomic E-state index is 0.00731. The molecule has 1 atom stereocenters. The van der Waals surface area contributed by atoms with E-state index in [2.05, 4.69) is 11.9 Å². The summed E-state index contributed by atoms with van der Waals surface area (Å²) in [5.41, 5.74) is -0.00731. The summed E-state index contributed by atoms with van der Waals surface area (Å²) in [7, 11) is 2.13. The lowest BCUT2D eigenvalue weighted by Gasteiger charge is -2.36. The fourth-order valence-electron chi connectivity index (χ4n) is 2.63. The van der Waals surface area contributed by atoms with Gasteiger partial charge in [-0.25, -0.2) is 9.59 Å². The summed E-state index contributed by atoms with van der Waals surface area (Å²) in [6, 6.07) is 0. The Morgan fingerprint density at radius 1 is 1.17 bits per heavy atom. The summed E-state index contributed by atoms with van der Waals surface area (Å²) in [5, 5.41) is 15.6. The van der Waals surface area contributed by atoms with Crippen molar-refractivity contribution in [1.82, 2.24) is 4.90 Å². The third-order valence-electron chi connectivity index (χ3n) is 3.77. The molecule has 1 spiro atoms. The lowest BCUT2D eigenvalue weighted by molar-refractivity contribution is -0.146. The first-order valence-electron chi connectivity index (χ1n) is 7.36. The van der Waals surface area contributed by atoms with Gasteiger partial charge in [0.1, 0.15) is 6.10 Å². The average Bonchev–Trinajstić information content (AvgIpc) is 2.83. The van der Waals surface area contributed by atoms with Crippen molar-refractivity contribution in [3.8, 4) is 0 Å². The Balaban J connectivity index is 0.000000284. The Hall–Kier alpha value is -1.93. The van der Waals surface area contributed by atoms with Gasteiger partial charge in [0.25, 0.3) is 0 Å². The van der Waals surface area contributed by atoms with Crippen LogP contribution >= 0.6 is 0 Å². The van der Waals surface area contributed by atoms with Gasteiger partial charge in [-0.1, -0.05) is 0 Å². The molecule has 2 N–H and O–H groups in total. The molecular weight excluding hydrogens is 306 g/mol. The van der Waals surface area contributed by atoms with Crippen LogP contribution in [0.15, 0.2) is 12.2 Å². The average molecular weight is 329 g/mol. The van der Waals surface area contributed by atoms with Crippen molar-refractivity contribution in [2.75, 3.05) is 26.7 Å². The summed E-state index contributed by atoms with van der Waals surface area (Å²) in [4.78, 5) is 32.3. The van der Waals surface area contributed by atoms with Crippen LogP contribution in [0, 0.1) is 0 Å². The molecule has 1 unspecified atom stereocenters. The van der Waals surface area contributed by atoms with Crippen LogP contribution in [-0.2, 0) is 23.9 Å². The van der Waals surface area contributed by atoms with E-state index >= 15 is 0 Å². The molecule has 0 radical (unpaired) electrons. The lowest BCUT2D eigenvalue weighted by Crippen LogP contribution is -2.42. The molecule has 8 nitrogen and oxygen atoms in total. The zero-order chi connectivity index (χ0) is 17.5. The number of hydrogen-bond acceptors (Lipinski definition) is 6. The van der Waals surface area contributed by atoms with Crippen LogP contribution in [0.25, 0.3) is 0 Å². The third kappa shape index (κ3) is 7.25. The molecule has 0 bridgehead atoms. The summed E-state index contributed by atoms with van der Waals surface area (Å²) < 4.78 is 11.0. The smallest absolute Gasteiger partial charge is 0.328 e. The lowest BCUT2D eigenvalue weighted by atomic mass is 9.88. The Bertz CT molecular complexity index is 450. The quantitative estimate of drug-likeness (QED) is 0.569. The first-order chi connectivity index (χ1) is 10.7. The minimum Gasteiger partial charge on any atom is -0.478 e. The van der Waals surface area contributed by atoms with E-state index in [0.29, 0.717) is 18.8 Å². The van der Waals surface area contributed by atoms with Crippen molar-refractivity contribution in [2.45, 2.75) is 37.9 Å². The molecule has 0 saturated carbocycles. The number of piperidine rings is 1. The van der Waals surface area contributed by atoms with Crippen molar-refractivity contribution >= 4 is 17.9 Å². The van der Waals surface area contributed by atoms with Crippen molar-refractivity contribution < 1.29 is 34.1 Å². The van der Waals surface area contributed by atoms with Crippen LogP contribution in [0.5, 0.6) is 0 Å². The third-order valence-corrected chi connectivity index (χ3v) is 3.77. The Morgan fingerprint density at radius 3 is 2.13 bits per heavy atom. The van der Waals surface area contributed by atoms with E-state index in [1.54, 1.807) is 0 Å².